The first-order chi connectivity index (χ1) is 9.39. The lowest BCUT2D eigenvalue weighted by molar-refractivity contribution is 0.465. The highest BCUT2D eigenvalue weighted by molar-refractivity contribution is 7.89. The van der Waals surface area contributed by atoms with Crippen LogP contribution < -0.4 is 0 Å². The van der Waals surface area contributed by atoms with Crippen LogP contribution in [-0.4, -0.2) is 24.8 Å². The highest BCUT2D eigenvalue weighted by Crippen LogP contribution is 2.18. The summed E-state index contributed by atoms with van der Waals surface area (Å²) in [7, 11) is -2.26. The molecule has 0 aliphatic carbocycles. The van der Waals surface area contributed by atoms with Crippen molar-refractivity contribution in [3.05, 3.63) is 59.1 Å². The molecule has 0 amide bonds. The molecule has 1 aromatic heterocycles. The summed E-state index contributed by atoms with van der Waals surface area (Å²) in [5.41, 5.74) is 0.566. The first kappa shape index (κ1) is 14.9. The third kappa shape index (κ3) is 3.33. The smallest absolute Gasteiger partial charge is 0.243 e. The van der Waals surface area contributed by atoms with Gasteiger partial charge in [0.25, 0.3) is 0 Å². The van der Waals surface area contributed by atoms with Gasteiger partial charge in [-0.25, -0.2) is 17.8 Å². The molecule has 20 heavy (non-hydrogen) atoms. The van der Waals surface area contributed by atoms with Gasteiger partial charge in [-0.1, -0.05) is 23.7 Å². The predicted octanol–water partition coefficient (Wildman–Crippen LogP) is 2.69. The molecule has 1 heterocycles. The molecule has 0 aliphatic heterocycles. The highest BCUT2D eigenvalue weighted by Gasteiger charge is 2.21. The van der Waals surface area contributed by atoms with Gasteiger partial charge < -0.3 is 0 Å². The van der Waals surface area contributed by atoms with E-state index in [0.717, 1.165) is 4.31 Å². The summed E-state index contributed by atoms with van der Waals surface area (Å²) in [4.78, 5) is 3.79. The number of rotatable bonds is 4. The second kappa shape index (κ2) is 5.87. The molecule has 7 heteroatoms. The van der Waals surface area contributed by atoms with Gasteiger partial charge in [0.2, 0.25) is 10.0 Å². The van der Waals surface area contributed by atoms with E-state index in [4.69, 9.17) is 11.6 Å². The maximum Gasteiger partial charge on any atom is 0.243 e. The molecule has 0 spiro atoms. The Kier molecular flexibility index (Phi) is 4.37. The Balaban J connectivity index is 2.26. The number of pyridine rings is 1. The van der Waals surface area contributed by atoms with Crippen LogP contribution in [0.1, 0.15) is 5.56 Å². The summed E-state index contributed by atoms with van der Waals surface area (Å²) in [6.07, 6.45) is 1.32. The molecule has 0 fully saturated rings. The van der Waals surface area contributed by atoms with Gasteiger partial charge in [0.15, 0.2) is 0 Å². The second-order valence-electron chi connectivity index (χ2n) is 4.21. The number of hydrogen-bond acceptors (Lipinski definition) is 3. The molecule has 2 aromatic rings. The van der Waals surface area contributed by atoms with Crippen LogP contribution in [0.2, 0.25) is 5.15 Å². The van der Waals surface area contributed by atoms with Crippen molar-refractivity contribution in [1.29, 1.82) is 0 Å². The van der Waals surface area contributed by atoms with E-state index in [0.29, 0.717) is 5.56 Å². The van der Waals surface area contributed by atoms with E-state index in [9.17, 15) is 12.8 Å². The van der Waals surface area contributed by atoms with Crippen LogP contribution in [0.5, 0.6) is 0 Å². The minimum absolute atomic E-state index is 0.0522. The van der Waals surface area contributed by atoms with Crippen molar-refractivity contribution >= 4 is 21.6 Å². The minimum Gasteiger partial charge on any atom is -0.244 e. The number of nitrogens with zero attached hydrogens (tertiary/aromatic N) is 2. The third-order valence-electron chi connectivity index (χ3n) is 2.70. The van der Waals surface area contributed by atoms with Gasteiger partial charge in [0.1, 0.15) is 11.0 Å². The average molecular weight is 315 g/mol. The topological polar surface area (TPSA) is 50.3 Å². The predicted molar refractivity (Wildman–Crippen MR) is 74.3 cm³/mol. The molecular formula is C13H12ClFN2O2S. The molecule has 0 saturated heterocycles. The SMILES string of the molecule is CN(Cc1cccc(F)c1)S(=O)(=O)c1ccnc(Cl)c1. The lowest BCUT2D eigenvalue weighted by Gasteiger charge is -2.17. The molecule has 0 aliphatic rings. The molecule has 106 valence electrons. The van der Waals surface area contributed by atoms with E-state index in [1.165, 1.54) is 43.6 Å². The first-order valence-electron chi connectivity index (χ1n) is 5.72. The molecule has 0 unspecified atom stereocenters. The lowest BCUT2D eigenvalue weighted by Crippen LogP contribution is -2.26. The quantitative estimate of drug-likeness (QED) is 0.815. The van der Waals surface area contributed by atoms with E-state index in [1.54, 1.807) is 6.07 Å². The largest absolute Gasteiger partial charge is 0.244 e. The van der Waals surface area contributed by atoms with Crippen LogP contribution in [0.3, 0.4) is 0 Å². The summed E-state index contributed by atoms with van der Waals surface area (Å²) in [5.74, 6) is -0.403. The van der Waals surface area contributed by atoms with Crippen LogP contribution in [0.25, 0.3) is 0 Å². The van der Waals surface area contributed by atoms with Gasteiger partial charge in [-0.3, -0.25) is 0 Å². The molecule has 0 bridgehead atoms. The summed E-state index contributed by atoms with van der Waals surface area (Å²) >= 11 is 5.69. The first-order valence-corrected chi connectivity index (χ1v) is 7.54. The van der Waals surface area contributed by atoms with Gasteiger partial charge in [0, 0.05) is 19.8 Å². The van der Waals surface area contributed by atoms with Crippen molar-refractivity contribution in [1.82, 2.24) is 9.29 Å². The molecule has 2 rings (SSSR count). The van der Waals surface area contributed by atoms with E-state index in [-0.39, 0.29) is 16.6 Å². The summed E-state index contributed by atoms with van der Waals surface area (Å²) in [6.45, 7) is 0.0695. The van der Waals surface area contributed by atoms with Crippen LogP contribution in [0, 0.1) is 5.82 Å². The number of halogens is 2. The van der Waals surface area contributed by atoms with Crippen molar-refractivity contribution < 1.29 is 12.8 Å². The van der Waals surface area contributed by atoms with Gasteiger partial charge >= 0.3 is 0 Å². The Morgan fingerprint density at radius 1 is 1.30 bits per heavy atom. The number of aromatic nitrogens is 1. The Bertz CT molecular complexity index is 722. The van der Waals surface area contributed by atoms with E-state index >= 15 is 0 Å². The fourth-order valence-electron chi connectivity index (χ4n) is 1.70. The Morgan fingerprint density at radius 2 is 2.05 bits per heavy atom. The highest BCUT2D eigenvalue weighted by atomic mass is 35.5. The minimum atomic E-state index is -3.69. The molecule has 0 saturated carbocycles. The van der Waals surface area contributed by atoms with E-state index in [2.05, 4.69) is 4.98 Å². The van der Waals surface area contributed by atoms with Gasteiger partial charge in [-0.2, -0.15) is 4.31 Å². The third-order valence-corrected chi connectivity index (χ3v) is 4.71. The van der Waals surface area contributed by atoms with Crippen molar-refractivity contribution in [2.24, 2.45) is 0 Å². The fraction of sp³-hybridized carbons (Fsp3) is 0.154. The normalized spacial score (nSPS) is 11.8. The van der Waals surface area contributed by atoms with Gasteiger partial charge in [-0.15, -0.1) is 0 Å². The zero-order valence-electron chi connectivity index (χ0n) is 10.6. The number of sulfonamides is 1. The maximum absolute atomic E-state index is 13.1. The Labute approximate surface area is 121 Å². The van der Waals surface area contributed by atoms with Gasteiger partial charge in [-0.05, 0) is 29.8 Å². The van der Waals surface area contributed by atoms with Crippen LogP contribution in [0.4, 0.5) is 4.39 Å². The standard InChI is InChI=1S/C13H12ClFN2O2S/c1-17(9-10-3-2-4-11(15)7-10)20(18,19)12-5-6-16-13(14)8-12/h2-8H,9H2,1H3. The number of benzene rings is 1. The van der Waals surface area contributed by atoms with Crippen molar-refractivity contribution in [3.8, 4) is 0 Å². The van der Waals surface area contributed by atoms with E-state index < -0.39 is 15.8 Å². The van der Waals surface area contributed by atoms with Gasteiger partial charge in [0.05, 0.1) is 4.90 Å². The fourth-order valence-corrected chi connectivity index (χ4v) is 3.11. The zero-order chi connectivity index (χ0) is 14.8. The maximum atomic E-state index is 13.1. The van der Waals surface area contributed by atoms with Crippen LogP contribution in [0.15, 0.2) is 47.5 Å². The molecule has 0 atom stereocenters. The number of hydrogen-bond donors (Lipinski definition) is 0. The Hall–Kier alpha value is -1.50. The second-order valence-corrected chi connectivity index (χ2v) is 6.64. The Morgan fingerprint density at radius 3 is 2.70 bits per heavy atom. The summed E-state index contributed by atoms with van der Waals surface area (Å²) in [5, 5.41) is 0.102. The monoisotopic (exact) mass is 314 g/mol. The molecule has 0 radical (unpaired) electrons. The van der Waals surface area contributed by atoms with Crippen molar-refractivity contribution in [2.75, 3.05) is 7.05 Å². The van der Waals surface area contributed by atoms with Crippen LogP contribution >= 0.6 is 11.6 Å². The lowest BCUT2D eigenvalue weighted by atomic mass is 10.2. The van der Waals surface area contributed by atoms with Crippen LogP contribution in [-0.2, 0) is 16.6 Å². The molecule has 1 aromatic carbocycles. The van der Waals surface area contributed by atoms with Crippen molar-refractivity contribution in [3.63, 3.8) is 0 Å². The average Bonchev–Trinajstić information content (AvgIpc) is 2.38. The zero-order valence-corrected chi connectivity index (χ0v) is 12.2. The van der Waals surface area contributed by atoms with E-state index in [1.807, 2.05) is 0 Å². The van der Waals surface area contributed by atoms with Crippen molar-refractivity contribution in [2.45, 2.75) is 11.4 Å². The summed E-state index contributed by atoms with van der Waals surface area (Å²) < 4.78 is 38.9. The summed E-state index contributed by atoms with van der Waals surface area (Å²) in [6, 6.07) is 8.44. The molecule has 4 nitrogen and oxygen atoms in total. The molecular weight excluding hydrogens is 303 g/mol. The molecule has 0 N–H and O–H groups in total.